The van der Waals surface area contributed by atoms with Crippen LogP contribution in [0.4, 0.5) is 23.4 Å². The summed E-state index contributed by atoms with van der Waals surface area (Å²) >= 11 is 0. The molecule has 1 aromatic carbocycles. The number of halogens is 4. The van der Waals surface area contributed by atoms with Gasteiger partial charge in [-0.05, 0) is 48.2 Å². The molecule has 0 saturated carbocycles. The van der Waals surface area contributed by atoms with Crippen molar-refractivity contribution in [2.45, 2.75) is 43.9 Å². The number of fused-ring (bicyclic) bond motifs is 1. The number of pyridine rings is 1. The Morgan fingerprint density at radius 2 is 1.78 bits per heavy atom. The third-order valence-electron chi connectivity index (χ3n) is 5.61. The van der Waals surface area contributed by atoms with Crippen LogP contribution in [-0.2, 0) is 11.8 Å². The molecule has 0 aliphatic rings. The molecule has 174 valence electrons. The monoisotopic (exact) mass is 453 g/mol. The lowest BCUT2D eigenvalue weighted by molar-refractivity contribution is -0.266. The zero-order valence-electron chi connectivity index (χ0n) is 18.6. The Hall–Kier alpha value is -2.81. The molecule has 9 heteroatoms. The van der Waals surface area contributed by atoms with E-state index in [-0.39, 0.29) is 17.0 Å². The molecule has 0 amide bonds. The van der Waals surface area contributed by atoms with Crippen molar-refractivity contribution >= 4 is 16.9 Å². The summed E-state index contributed by atoms with van der Waals surface area (Å²) in [6.07, 6.45) is -6.33. The molecule has 5 nitrogen and oxygen atoms in total. The first kappa shape index (κ1) is 23.8. The van der Waals surface area contributed by atoms with Gasteiger partial charge in [0.1, 0.15) is 17.4 Å². The fourth-order valence-electron chi connectivity index (χ4n) is 4.01. The number of nitrogens with zero attached hydrogens (tertiary/aromatic N) is 2. The van der Waals surface area contributed by atoms with Crippen LogP contribution in [0.5, 0.6) is 5.75 Å². The van der Waals surface area contributed by atoms with E-state index in [9.17, 15) is 22.7 Å². The quantitative estimate of drug-likeness (QED) is 0.496. The van der Waals surface area contributed by atoms with Crippen LogP contribution in [0, 0.1) is 5.82 Å². The van der Waals surface area contributed by atoms with Crippen molar-refractivity contribution in [1.29, 1.82) is 0 Å². The third-order valence-corrected chi connectivity index (χ3v) is 5.61. The normalized spacial score (nSPS) is 14.4. The number of hydrogen-bond acceptors (Lipinski definition) is 4. The molecule has 0 aliphatic heterocycles. The van der Waals surface area contributed by atoms with Crippen molar-refractivity contribution in [3.05, 3.63) is 53.5 Å². The van der Waals surface area contributed by atoms with Gasteiger partial charge in [-0.15, -0.1) is 0 Å². The predicted octanol–water partition coefficient (Wildman–Crippen LogP) is 4.98. The Kier molecular flexibility index (Phi) is 6.16. The molecular weight excluding hydrogens is 426 g/mol. The maximum atomic E-state index is 14.1. The molecule has 0 fully saturated rings. The van der Waals surface area contributed by atoms with E-state index in [1.54, 1.807) is 17.0 Å². The van der Waals surface area contributed by atoms with Crippen LogP contribution in [0.25, 0.3) is 11.0 Å². The SMILES string of the molecule is COc1ccc(F)cc1C(C)(C)CC(O)(Cc1cc2nc(N(C)C)ccc2[nH]1)C(F)(F)F. The van der Waals surface area contributed by atoms with Crippen LogP contribution in [0.1, 0.15) is 31.5 Å². The molecular formula is C23H27F4N3O2. The van der Waals surface area contributed by atoms with Gasteiger partial charge in [0.15, 0.2) is 5.60 Å². The number of rotatable bonds is 7. The van der Waals surface area contributed by atoms with Gasteiger partial charge in [0, 0.05) is 31.8 Å². The number of methoxy groups -OCH3 is 1. The molecule has 1 atom stereocenters. The first-order valence-electron chi connectivity index (χ1n) is 10.0. The van der Waals surface area contributed by atoms with Gasteiger partial charge in [0.05, 0.1) is 18.1 Å². The number of aromatic nitrogens is 2. The van der Waals surface area contributed by atoms with Gasteiger partial charge < -0.3 is 19.7 Å². The van der Waals surface area contributed by atoms with Gasteiger partial charge in [-0.2, -0.15) is 13.2 Å². The van der Waals surface area contributed by atoms with Crippen LogP contribution in [-0.4, -0.2) is 48.1 Å². The van der Waals surface area contributed by atoms with Crippen molar-refractivity contribution in [2.75, 3.05) is 26.1 Å². The number of ether oxygens (including phenoxy) is 1. The topological polar surface area (TPSA) is 61.4 Å². The van der Waals surface area contributed by atoms with E-state index in [1.807, 2.05) is 14.1 Å². The molecule has 0 spiro atoms. The van der Waals surface area contributed by atoms with E-state index in [2.05, 4.69) is 9.97 Å². The van der Waals surface area contributed by atoms with E-state index < -0.39 is 35.9 Å². The summed E-state index contributed by atoms with van der Waals surface area (Å²) < 4.78 is 61.5. The van der Waals surface area contributed by atoms with E-state index >= 15 is 0 Å². The number of H-pyrrole nitrogens is 1. The molecule has 0 aliphatic carbocycles. The van der Waals surface area contributed by atoms with Gasteiger partial charge in [-0.25, -0.2) is 9.37 Å². The standard InChI is InChI=1S/C23H27F4N3O2/c1-21(2,16-10-14(24)6-8-19(16)32-5)13-22(31,23(25,26)27)12-15-11-18-17(28-15)7-9-20(29-18)30(3)4/h6-11,28,31H,12-13H2,1-5H3. The number of aromatic amines is 1. The zero-order chi connectivity index (χ0) is 23.9. The van der Waals surface area contributed by atoms with Gasteiger partial charge in [0.2, 0.25) is 0 Å². The second-order valence-electron chi connectivity index (χ2n) is 8.90. The lowest BCUT2D eigenvalue weighted by Crippen LogP contribution is -2.51. The van der Waals surface area contributed by atoms with Crippen LogP contribution in [0.2, 0.25) is 0 Å². The van der Waals surface area contributed by atoms with Gasteiger partial charge in [-0.1, -0.05) is 13.8 Å². The van der Waals surface area contributed by atoms with E-state index in [4.69, 9.17) is 4.74 Å². The number of nitrogens with one attached hydrogen (secondary N) is 1. The molecule has 0 bridgehead atoms. The van der Waals surface area contributed by atoms with E-state index in [0.29, 0.717) is 16.9 Å². The highest BCUT2D eigenvalue weighted by Gasteiger charge is 2.56. The van der Waals surface area contributed by atoms with Crippen molar-refractivity contribution in [3.8, 4) is 5.75 Å². The predicted molar refractivity (Wildman–Crippen MR) is 116 cm³/mol. The Morgan fingerprint density at radius 3 is 2.38 bits per heavy atom. The average molecular weight is 453 g/mol. The molecule has 1 unspecified atom stereocenters. The number of anilines is 1. The van der Waals surface area contributed by atoms with Gasteiger partial charge in [-0.3, -0.25) is 0 Å². The second kappa shape index (κ2) is 8.27. The lowest BCUT2D eigenvalue weighted by Gasteiger charge is -2.38. The zero-order valence-corrected chi connectivity index (χ0v) is 18.6. The van der Waals surface area contributed by atoms with Crippen molar-refractivity contribution in [1.82, 2.24) is 9.97 Å². The highest BCUT2D eigenvalue weighted by atomic mass is 19.4. The maximum absolute atomic E-state index is 14.1. The molecule has 32 heavy (non-hydrogen) atoms. The largest absolute Gasteiger partial charge is 0.496 e. The third kappa shape index (κ3) is 4.67. The summed E-state index contributed by atoms with van der Waals surface area (Å²) in [7, 11) is 4.99. The molecule has 2 N–H and O–H groups in total. The summed E-state index contributed by atoms with van der Waals surface area (Å²) in [4.78, 5) is 9.12. The minimum absolute atomic E-state index is 0.199. The molecule has 0 radical (unpaired) electrons. The maximum Gasteiger partial charge on any atom is 0.417 e. The number of benzene rings is 1. The van der Waals surface area contributed by atoms with Gasteiger partial charge >= 0.3 is 6.18 Å². The molecule has 0 saturated heterocycles. The smallest absolute Gasteiger partial charge is 0.417 e. The molecule has 2 aromatic heterocycles. The van der Waals surface area contributed by atoms with Crippen LogP contribution >= 0.6 is 0 Å². The Balaban J connectivity index is 1.99. The van der Waals surface area contributed by atoms with Crippen molar-refractivity contribution in [3.63, 3.8) is 0 Å². The fourth-order valence-corrected chi connectivity index (χ4v) is 4.01. The van der Waals surface area contributed by atoms with Crippen LogP contribution < -0.4 is 9.64 Å². The minimum Gasteiger partial charge on any atom is -0.496 e. The first-order valence-corrected chi connectivity index (χ1v) is 10.0. The Labute approximate surface area is 184 Å². The highest BCUT2D eigenvalue weighted by molar-refractivity contribution is 5.78. The van der Waals surface area contributed by atoms with Crippen LogP contribution in [0.3, 0.4) is 0 Å². The summed E-state index contributed by atoms with van der Waals surface area (Å²) in [6.45, 7) is 3.05. The first-order chi connectivity index (χ1) is 14.8. The lowest BCUT2D eigenvalue weighted by atomic mass is 9.73. The number of aliphatic hydroxyl groups is 1. The Morgan fingerprint density at radius 1 is 1.09 bits per heavy atom. The second-order valence-corrected chi connectivity index (χ2v) is 8.90. The molecule has 3 rings (SSSR count). The fraction of sp³-hybridized carbons (Fsp3) is 0.435. The van der Waals surface area contributed by atoms with Crippen molar-refractivity contribution < 1.29 is 27.4 Å². The minimum atomic E-state index is -4.93. The van der Waals surface area contributed by atoms with Crippen LogP contribution in [0.15, 0.2) is 36.4 Å². The summed E-state index contributed by atoms with van der Waals surface area (Å²) in [6, 6.07) is 8.67. The number of hydrogen-bond donors (Lipinski definition) is 2. The van der Waals surface area contributed by atoms with E-state index in [0.717, 1.165) is 6.07 Å². The average Bonchev–Trinajstić information content (AvgIpc) is 3.07. The molecule has 3 aromatic rings. The Bertz CT molecular complexity index is 1110. The summed E-state index contributed by atoms with van der Waals surface area (Å²) in [5.41, 5.74) is -2.80. The van der Waals surface area contributed by atoms with Crippen molar-refractivity contribution in [2.24, 2.45) is 0 Å². The van der Waals surface area contributed by atoms with Gasteiger partial charge in [0.25, 0.3) is 0 Å². The van der Waals surface area contributed by atoms with E-state index in [1.165, 1.54) is 39.2 Å². The summed E-state index contributed by atoms with van der Waals surface area (Å²) in [5.74, 6) is 0.322. The highest BCUT2D eigenvalue weighted by Crippen LogP contribution is 2.45. The summed E-state index contributed by atoms with van der Waals surface area (Å²) in [5, 5.41) is 10.9. The molecule has 2 heterocycles. The number of alkyl halides is 3.